The van der Waals surface area contributed by atoms with E-state index in [0.717, 1.165) is 33.4 Å². The van der Waals surface area contributed by atoms with Gasteiger partial charge in [0, 0.05) is 41.3 Å². The summed E-state index contributed by atoms with van der Waals surface area (Å²) in [5.41, 5.74) is 5.36. The Hall–Kier alpha value is -3.87. The summed E-state index contributed by atoms with van der Waals surface area (Å²) in [5, 5.41) is 4.41. The highest BCUT2D eigenvalue weighted by molar-refractivity contribution is 6.11. The SMILES string of the molecule is COC(=O)c1ccc([C@@H]2C3=C(CN(C(C)=O)C3=O)Nc3cccc4[nH]cc2c34)cc1. The molecular weight excluding hydrogens is 382 g/mol. The minimum atomic E-state index is -0.418. The van der Waals surface area contributed by atoms with Crippen molar-refractivity contribution in [2.45, 2.75) is 12.8 Å². The molecule has 0 spiro atoms. The number of imide groups is 1. The number of aromatic amines is 1. The summed E-state index contributed by atoms with van der Waals surface area (Å²) in [5.74, 6) is -1.39. The highest BCUT2D eigenvalue weighted by Gasteiger charge is 2.41. The van der Waals surface area contributed by atoms with Gasteiger partial charge < -0.3 is 15.0 Å². The number of nitrogens with zero attached hydrogens (tertiary/aromatic N) is 1. The molecule has 1 atom stereocenters. The fraction of sp³-hybridized carbons (Fsp3) is 0.174. The zero-order valence-corrected chi connectivity index (χ0v) is 16.5. The molecule has 150 valence electrons. The molecule has 2 amide bonds. The number of aromatic nitrogens is 1. The average molecular weight is 401 g/mol. The first kappa shape index (κ1) is 18.2. The zero-order valence-electron chi connectivity index (χ0n) is 16.5. The van der Waals surface area contributed by atoms with Crippen LogP contribution >= 0.6 is 0 Å². The number of rotatable bonds is 2. The average Bonchev–Trinajstić information content (AvgIpc) is 3.27. The van der Waals surface area contributed by atoms with Gasteiger partial charge in [0.2, 0.25) is 5.91 Å². The summed E-state index contributed by atoms with van der Waals surface area (Å²) in [7, 11) is 1.34. The number of carbonyl (C=O) groups excluding carboxylic acids is 3. The van der Waals surface area contributed by atoms with Crippen molar-refractivity contribution in [1.82, 2.24) is 9.88 Å². The van der Waals surface area contributed by atoms with E-state index < -0.39 is 5.97 Å². The van der Waals surface area contributed by atoms with Crippen LogP contribution in [0, 0.1) is 0 Å². The number of methoxy groups -OCH3 is 1. The van der Waals surface area contributed by atoms with Crippen molar-refractivity contribution in [3.63, 3.8) is 0 Å². The second kappa shape index (κ2) is 6.59. The molecule has 2 aromatic carbocycles. The van der Waals surface area contributed by atoms with Gasteiger partial charge in [0.1, 0.15) is 0 Å². The van der Waals surface area contributed by atoms with E-state index >= 15 is 0 Å². The maximum Gasteiger partial charge on any atom is 0.337 e. The van der Waals surface area contributed by atoms with E-state index in [4.69, 9.17) is 4.74 Å². The monoisotopic (exact) mass is 401 g/mol. The largest absolute Gasteiger partial charge is 0.465 e. The highest BCUT2D eigenvalue weighted by atomic mass is 16.5. The molecule has 0 saturated carbocycles. The Morgan fingerprint density at radius 1 is 1.13 bits per heavy atom. The summed E-state index contributed by atoms with van der Waals surface area (Å²) in [6, 6.07) is 12.9. The molecule has 2 N–H and O–H groups in total. The van der Waals surface area contributed by atoms with Gasteiger partial charge in [-0.25, -0.2) is 4.79 Å². The normalized spacial score (nSPS) is 17.6. The van der Waals surface area contributed by atoms with Gasteiger partial charge in [-0.3, -0.25) is 14.5 Å². The van der Waals surface area contributed by atoms with Crippen LogP contribution < -0.4 is 5.32 Å². The molecule has 0 radical (unpaired) electrons. The van der Waals surface area contributed by atoms with E-state index in [1.807, 2.05) is 36.5 Å². The van der Waals surface area contributed by atoms with Crippen molar-refractivity contribution in [2.24, 2.45) is 0 Å². The Labute approximate surface area is 172 Å². The molecule has 0 aliphatic carbocycles. The van der Waals surface area contributed by atoms with Gasteiger partial charge >= 0.3 is 5.97 Å². The minimum Gasteiger partial charge on any atom is -0.465 e. The lowest BCUT2D eigenvalue weighted by atomic mass is 9.84. The Balaban J connectivity index is 1.72. The van der Waals surface area contributed by atoms with Crippen LogP contribution in [0.15, 0.2) is 59.9 Å². The smallest absolute Gasteiger partial charge is 0.337 e. The second-order valence-corrected chi connectivity index (χ2v) is 7.45. The maximum absolute atomic E-state index is 13.3. The molecule has 3 heterocycles. The van der Waals surface area contributed by atoms with Crippen LogP contribution in [0.4, 0.5) is 5.69 Å². The Morgan fingerprint density at radius 2 is 1.90 bits per heavy atom. The number of hydrogen-bond donors (Lipinski definition) is 2. The number of amides is 2. The van der Waals surface area contributed by atoms with Crippen molar-refractivity contribution >= 4 is 34.4 Å². The van der Waals surface area contributed by atoms with Gasteiger partial charge in [0.05, 0.1) is 24.8 Å². The third kappa shape index (κ3) is 2.55. The fourth-order valence-electron chi connectivity index (χ4n) is 4.39. The number of esters is 1. The number of H-pyrrole nitrogens is 1. The topological polar surface area (TPSA) is 91.5 Å². The first-order valence-electron chi connectivity index (χ1n) is 9.60. The fourth-order valence-corrected chi connectivity index (χ4v) is 4.39. The van der Waals surface area contributed by atoms with Gasteiger partial charge in [-0.15, -0.1) is 0 Å². The molecule has 0 bridgehead atoms. The Kier molecular flexibility index (Phi) is 3.99. The molecule has 7 nitrogen and oxygen atoms in total. The molecule has 3 aromatic rings. The molecule has 7 heteroatoms. The van der Waals surface area contributed by atoms with Gasteiger partial charge in [0.25, 0.3) is 5.91 Å². The zero-order chi connectivity index (χ0) is 21.0. The summed E-state index contributed by atoms with van der Waals surface area (Å²) in [4.78, 5) is 41.7. The van der Waals surface area contributed by atoms with Crippen molar-refractivity contribution in [1.29, 1.82) is 0 Å². The second-order valence-electron chi connectivity index (χ2n) is 7.45. The molecule has 0 saturated heterocycles. The summed E-state index contributed by atoms with van der Waals surface area (Å²) >= 11 is 0. The molecule has 5 rings (SSSR count). The molecule has 2 aliphatic rings. The number of hydrogen-bond acceptors (Lipinski definition) is 5. The number of carbonyl (C=O) groups is 3. The van der Waals surface area contributed by atoms with Crippen LogP contribution in [0.5, 0.6) is 0 Å². The third-order valence-corrected chi connectivity index (χ3v) is 5.78. The molecule has 30 heavy (non-hydrogen) atoms. The molecule has 0 fully saturated rings. The summed E-state index contributed by atoms with van der Waals surface area (Å²) in [6.07, 6.45) is 1.91. The van der Waals surface area contributed by atoms with Crippen molar-refractivity contribution in [3.8, 4) is 0 Å². The van der Waals surface area contributed by atoms with Crippen LogP contribution in [0.1, 0.15) is 34.3 Å². The van der Waals surface area contributed by atoms with E-state index in [-0.39, 0.29) is 24.3 Å². The third-order valence-electron chi connectivity index (χ3n) is 5.78. The van der Waals surface area contributed by atoms with Gasteiger partial charge in [-0.1, -0.05) is 18.2 Å². The quantitative estimate of drug-likeness (QED) is 0.644. The van der Waals surface area contributed by atoms with Gasteiger partial charge in [-0.05, 0) is 35.4 Å². The molecule has 2 aliphatic heterocycles. The number of anilines is 1. The number of benzene rings is 2. The van der Waals surface area contributed by atoms with Crippen LogP contribution in [0.25, 0.3) is 10.9 Å². The van der Waals surface area contributed by atoms with Crippen LogP contribution in [0.2, 0.25) is 0 Å². The highest BCUT2D eigenvalue weighted by Crippen LogP contribution is 2.45. The standard InChI is InChI=1S/C23H19N3O4/c1-12(27)26-11-18-21(22(26)28)19(13-6-8-14(9-7-13)23(29)30-2)15-10-24-16-4-3-5-17(25-18)20(15)16/h3-10,19,24-25H,11H2,1-2H3/t19-/m0/s1. The van der Waals surface area contributed by atoms with E-state index in [0.29, 0.717) is 11.1 Å². The number of nitrogens with one attached hydrogen (secondary N) is 2. The predicted octanol–water partition coefficient (Wildman–Crippen LogP) is 3.15. The molecular formula is C23H19N3O4. The first-order valence-corrected chi connectivity index (χ1v) is 9.60. The van der Waals surface area contributed by atoms with E-state index in [1.54, 1.807) is 12.1 Å². The molecule has 0 unspecified atom stereocenters. The lowest BCUT2D eigenvalue weighted by molar-refractivity contribution is -0.139. The maximum atomic E-state index is 13.3. The van der Waals surface area contributed by atoms with Crippen molar-refractivity contribution in [3.05, 3.63) is 76.6 Å². The van der Waals surface area contributed by atoms with Crippen molar-refractivity contribution < 1.29 is 19.1 Å². The van der Waals surface area contributed by atoms with Crippen molar-refractivity contribution in [2.75, 3.05) is 19.0 Å². The van der Waals surface area contributed by atoms with Crippen LogP contribution in [-0.4, -0.2) is 41.3 Å². The van der Waals surface area contributed by atoms with Gasteiger partial charge in [-0.2, -0.15) is 0 Å². The summed E-state index contributed by atoms with van der Waals surface area (Å²) in [6.45, 7) is 1.61. The first-order chi connectivity index (χ1) is 14.5. The van der Waals surface area contributed by atoms with E-state index in [2.05, 4.69) is 10.3 Å². The summed E-state index contributed by atoms with van der Waals surface area (Å²) < 4.78 is 4.79. The van der Waals surface area contributed by atoms with Crippen LogP contribution in [-0.2, 0) is 14.3 Å². The number of ether oxygens (including phenoxy) is 1. The lowest BCUT2D eigenvalue weighted by Crippen LogP contribution is -2.33. The van der Waals surface area contributed by atoms with E-state index in [9.17, 15) is 14.4 Å². The lowest BCUT2D eigenvalue weighted by Gasteiger charge is -2.19. The molecule has 1 aromatic heterocycles. The van der Waals surface area contributed by atoms with Crippen LogP contribution in [0.3, 0.4) is 0 Å². The van der Waals surface area contributed by atoms with E-state index in [1.165, 1.54) is 18.9 Å². The Bertz CT molecular complexity index is 1250. The minimum absolute atomic E-state index is 0.213. The predicted molar refractivity (Wildman–Crippen MR) is 111 cm³/mol. The van der Waals surface area contributed by atoms with Gasteiger partial charge in [0.15, 0.2) is 0 Å². The Morgan fingerprint density at radius 3 is 2.60 bits per heavy atom.